The van der Waals surface area contributed by atoms with Crippen LogP contribution in [0.3, 0.4) is 0 Å². The summed E-state index contributed by atoms with van der Waals surface area (Å²) >= 11 is 0. The van der Waals surface area contributed by atoms with Crippen molar-refractivity contribution in [3.8, 4) is 23.0 Å². The van der Waals surface area contributed by atoms with E-state index < -0.39 is 10.5 Å². The summed E-state index contributed by atoms with van der Waals surface area (Å²) in [5.74, 6) is 0.0172. The quantitative estimate of drug-likeness (QED) is 0.506. The summed E-state index contributed by atoms with van der Waals surface area (Å²) in [5, 5.41) is 10.7. The fourth-order valence-electron chi connectivity index (χ4n) is 2.85. The zero-order valence-corrected chi connectivity index (χ0v) is 14.3. The number of halogens is 1. The van der Waals surface area contributed by atoms with Gasteiger partial charge in [0.1, 0.15) is 24.4 Å². The van der Waals surface area contributed by atoms with E-state index in [2.05, 4.69) is 9.97 Å². The fraction of sp³-hybridized carbons (Fsp3) is 0.222. The number of hydrogen-bond acceptors (Lipinski definition) is 6. The minimum atomic E-state index is -0.687. The highest BCUT2D eigenvalue weighted by atomic mass is 19.1. The Kier molecular flexibility index (Phi) is 3.98. The van der Waals surface area contributed by atoms with Crippen LogP contribution >= 0.6 is 0 Å². The van der Waals surface area contributed by atoms with E-state index in [1.807, 2.05) is 6.92 Å². The average Bonchev–Trinajstić information content (AvgIpc) is 3.17. The molecule has 1 aromatic carbocycles. The molecule has 3 aromatic rings. The Hall–Kier alpha value is -3.49. The second kappa shape index (κ2) is 6.35. The topological polar surface area (TPSA) is 92.3 Å². The van der Waals surface area contributed by atoms with Gasteiger partial charge in [-0.1, -0.05) is 0 Å². The third kappa shape index (κ3) is 3.43. The molecule has 8 nitrogen and oxygen atoms in total. The Morgan fingerprint density at radius 3 is 2.74 bits per heavy atom. The molecule has 0 fully saturated rings. The number of nitrogens with zero attached hydrogens (tertiary/aromatic N) is 4. The molecule has 1 atom stereocenters. The molecule has 0 bridgehead atoms. The van der Waals surface area contributed by atoms with Crippen molar-refractivity contribution in [2.45, 2.75) is 19.1 Å². The number of rotatable bonds is 5. The molecule has 1 unspecified atom stereocenters. The maximum Gasteiger partial charge on any atom is 0.415 e. The van der Waals surface area contributed by atoms with E-state index in [4.69, 9.17) is 9.47 Å². The van der Waals surface area contributed by atoms with E-state index in [1.165, 1.54) is 18.3 Å². The smallest absolute Gasteiger partial charge is 0.415 e. The first-order valence-electron chi connectivity index (χ1n) is 8.17. The van der Waals surface area contributed by atoms with E-state index in [1.54, 1.807) is 35.0 Å². The van der Waals surface area contributed by atoms with Crippen molar-refractivity contribution in [1.29, 1.82) is 0 Å². The van der Waals surface area contributed by atoms with Crippen LogP contribution in [-0.2, 0) is 6.54 Å². The van der Waals surface area contributed by atoms with Crippen LogP contribution < -0.4 is 9.47 Å². The lowest BCUT2D eigenvalue weighted by Gasteiger charge is -2.22. The number of fused-ring (bicyclic) bond motifs is 1. The van der Waals surface area contributed by atoms with Crippen molar-refractivity contribution in [3.63, 3.8) is 0 Å². The van der Waals surface area contributed by atoms with Gasteiger partial charge in [-0.15, -0.1) is 0 Å². The largest absolute Gasteiger partial charge is 0.488 e. The van der Waals surface area contributed by atoms with Gasteiger partial charge in [-0.25, -0.2) is 4.39 Å². The van der Waals surface area contributed by atoms with Gasteiger partial charge in [0.2, 0.25) is 0 Å². The average molecular weight is 370 g/mol. The second-order valence-corrected chi connectivity index (χ2v) is 6.49. The Morgan fingerprint density at radius 1 is 1.33 bits per heavy atom. The number of nitro groups is 1. The minimum absolute atomic E-state index is 0.206. The Bertz CT molecular complexity index is 962. The van der Waals surface area contributed by atoms with Gasteiger partial charge in [0.15, 0.2) is 5.60 Å². The standard InChI is InChI=1S/C18H15FN4O4/c1-18(10-22-9-16(23(24)25)21-17(22)27-18)11-26-14-6-7-15(20-8-14)12-2-4-13(19)5-3-12/h2-9H,10-11H2,1H3. The molecule has 0 saturated heterocycles. The number of pyridine rings is 1. The van der Waals surface area contributed by atoms with Crippen molar-refractivity contribution in [2.75, 3.05) is 6.61 Å². The molecule has 2 aromatic heterocycles. The molecule has 4 rings (SSSR count). The van der Waals surface area contributed by atoms with Gasteiger partial charge in [0, 0.05) is 10.5 Å². The van der Waals surface area contributed by atoms with Gasteiger partial charge < -0.3 is 19.6 Å². The number of hydrogen-bond donors (Lipinski definition) is 0. The van der Waals surface area contributed by atoms with E-state index in [0.29, 0.717) is 18.0 Å². The molecule has 0 radical (unpaired) electrons. The zero-order chi connectivity index (χ0) is 19.0. The zero-order valence-electron chi connectivity index (χ0n) is 14.3. The van der Waals surface area contributed by atoms with Crippen LogP contribution in [0.15, 0.2) is 48.8 Å². The molecule has 1 aliphatic heterocycles. The highest BCUT2D eigenvalue weighted by Gasteiger charge is 2.41. The van der Waals surface area contributed by atoms with Crippen LogP contribution in [0.4, 0.5) is 10.2 Å². The molecule has 138 valence electrons. The molecule has 1 aliphatic rings. The number of ether oxygens (including phenoxy) is 2. The number of aromatic nitrogens is 3. The molecule has 0 saturated carbocycles. The Balaban J connectivity index is 1.39. The van der Waals surface area contributed by atoms with Crippen molar-refractivity contribution in [1.82, 2.24) is 14.5 Å². The first kappa shape index (κ1) is 17.0. The van der Waals surface area contributed by atoms with Crippen LogP contribution in [0.2, 0.25) is 0 Å². The van der Waals surface area contributed by atoms with Gasteiger partial charge in [-0.05, 0) is 48.2 Å². The summed E-state index contributed by atoms with van der Waals surface area (Å²) in [4.78, 5) is 18.4. The Morgan fingerprint density at radius 2 is 2.11 bits per heavy atom. The number of imidazole rings is 1. The van der Waals surface area contributed by atoms with Gasteiger partial charge in [0.25, 0.3) is 0 Å². The molecular formula is C18H15FN4O4. The minimum Gasteiger partial charge on any atom is -0.488 e. The molecule has 0 N–H and O–H groups in total. The highest BCUT2D eigenvalue weighted by molar-refractivity contribution is 5.59. The summed E-state index contributed by atoms with van der Waals surface area (Å²) in [7, 11) is 0. The summed E-state index contributed by atoms with van der Waals surface area (Å²) in [6.45, 7) is 2.46. The molecule has 0 aliphatic carbocycles. The van der Waals surface area contributed by atoms with Crippen molar-refractivity contribution in [3.05, 3.63) is 64.7 Å². The molecule has 0 spiro atoms. The first-order chi connectivity index (χ1) is 12.9. The Labute approximate surface area is 153 Å². The maximum atomic E-state index is 13.0. The van der Waals surface area contributed by atoms with Crippen LogP contribution in [0.1, 0.15) is 6.92 Å². The fourth-order valence-corrected chi connectivity index (χ4v) is 2.85. The SMILES string of the molecule is CC1(COc2ccc(-c3ccc(F)cc3)nc2)Cn2cc([N+](=O)[O-])nc2O1. The predicted molar refractivity (Wildman–Crippen MR) is 93.0 cm³/mol. The first-order valence-corrected chi connectivity index (χ1v) is 8.17. The molecule has 27 heavy (non-hydrogen) atoms. The molecule has 3 heterocycles. The monoisotopic (exact) mass is 370 g/mol. The van der Waals surface area contributed by atoms with Gasteiger partial charge >= 0.3 is 11.8 Å². The summed E-state index contributed by atoms with van der Waals surface area (Å²) in [6.07, 6.45) is 2.93. The maximum absolute atomic E-state index is 13.0. The van der Waals surface area contributed by atoms with Crippen molar-refractivity contribution < 1.29 is 18.8 Å². The van der Waals surface area contributed by atoms with Gasteiger partial charge in [-0.3, -0.25) is 9.55 Å². The van der Waals surface area contributed by atoms with E-state index >= 15 is 0 Å². The summed E-state index contributed by atoms with van der Waals surface area (Å²) < 4.78 is 26.1. The third-order valence-corrected chi connectivity index (χ3v) is 4.18. The lowest BCUT2D eigenvalue weighted by Crippen LogP contribution is -2.38. The molecule has 0 amide bonds. The van der Waals surface area contributed by atoms with E-state index in [0.717, 1.165) is 5.56 Å². The van der Waals surface area contributed by atoms with E-state index in [-0.39, 0.29) is 24.3 Å². The summed E-state index contributed by atoms with van der Waals surface area (Å²) in [6, 6.07) is 9.85. The summed E-state index contributed by atoms with van der Waals surface area (Å²) in [5.41, 5.74) is 0.826. The predicted octanol–water partition coefficient (Wildman–Crippen LogP) is 3.22. The van der Waals surface area contributed by atoms with E-state index in [9.17, 15) is 14.5 Å². The lowest BCUT2D eigenvalue weighted by molar-refractivity contribution is -0.389. The van der Waals surface area contributed by atoms with Crippen LogP contribution in [0.5, 0.6) is 11.8 Å². The van der Waals surface area contributed by atoms with Gasteiger partial charge in [-0.2, -0.15) is 0 Å². The second-order valence-electron chi connectivity index (χ2n) is 6.49. The van der Waals surface area contributed by atoms with Crippen LogP contribution in [0, 0.1) is 15.9 Å². The normalized spacial score (nSPS) is 18.0. The molecular weight excluding hydrogens is 355 g/mol. The lowest BCUT2D eigenvalue weighted by atomic mass is 10.1. The van der Waals surface area contributed by atoms with Crippen molar-refractivity contribution >= 4 is 5.82 Å². The molecule has 9 heteroatoms. The highest BCUT2D eigenvalue weighted by Crippen LogP contribution is 2.31. The number of benzene rings is 1. The van der Waals surface area contributed by atoms with Crippen LogP contribution in [0.25, 0.3) is 11.3 Å². The van der Waals surface area contributed by atoms with Gasteiger partial charge in [0.05, 0.1) is 18.4 Å². The third-order valence-electron chi connectivity index (χ3n) is 4.18. The van der Waals surface area contributed by atoms with Crippen LogP contribution in [-0.4, -0.2) is 31.7 Å². The van der Waals surface area contributed by atoms with Crippen molar-refractivity contribution in [2.24, 2.45) is 0 Å².